The first-order valence-electron chi connectivity index (χ1n) is 8.31. The number of likely N-dealkylation sites (N-methyl/N-ethyl adjacent to an activating group) is 1. The Kier molecular flexibility index (Phi) is 6.41. The molecule has 4 nitrogen and oxygen atoms in total. The minimum absolute atomic E-state index is 0.299. The van der Waals surface area contributed by atoms with E-state index in [1.807, 2.05) is 12.3 Å². The Balaban J connectivity index is 1.86. The molecule has 0 aliphatic carbocycles. The standard InChI is InChI=1S/C17H29N3OS/c1-4-14(16-13(2)15(12-22-16)17(18)21)6-5-7-20-10-8-19(3)9-11-20/h12,14H,4-11H2,1-3H3,(H2,18,21). The second-order valence-electron chi connectivity index (χ2n) is 6.40. The van der Waals surface area contributed by atoms with Crippen LogP contribution in [0.3, 0.4) is 0 Å². The van der Waals surface area contributed by atoms with Crippen LogP contribution in [0.2, 0.25) is 0 Å². The Labute approximate surface area is 138 Å². The molecule has 1 aromatic heterocycles. The Hall–Kier alpha value is -0.910. The zero-order chi connectivity index (χ0) is 16.1. The van der Waals surface area contributed by atoms with E-state index in [-0.39, 0.29) is 5.91 Å². The van der Waals surface area contributed by atoms with E-state index in [1.54, 1.807) is 11.3 Å². The number of hydrogen-bond acceptors (Lipinski definition) is 4. The summed E-state index contributed by atoms with van der Waals surface area (Å²) in [5.74, 6) is 0.262. The molecule has 2 heterocycles. The second-order valence-corrected chi connectivity index (χ2v) is 7.31. The van der Waals surface area contributed by atoms with E-state index < -0.39 is 0 Å². The number of carbonyl (C=O) groups is 1. The lowest BCUT2D eigenvalue weighted by Crippen LogP contribution is -2.44. The van der Waals surface area contributed by atoms with E-state index in [2.05, 4.69) is 23.8 Å². The molecule has 1 amide bonds. The predicted molar refractivity (Wildman–Crippen MR) is 93.8 cm³/mol. The molecule has 1 aliphatic heterocycles. The number of primary amides is 1. The summed E-state index contributed by atoms with van der Waals surface area (Å²) in [5.41, 5.74) is 7.24. The fourth-order valence-corrected chi connectivity index (χ4v) is 4.53. The van der Waals surface area contributed by atoms with Crippen LogP contribution in [-0.4, -0.2) is 55.5 Å². The highest BCUT2D eigenvalue weighted by Gasteiger charge is 2.19. The summed E-state index contributed by atoms with van der Waals surface area (Å²) in [6.45, 7) is 10.2. The SMILES string of the molecule is CCC(CCCN1CCN(C)CC1)c1scc(C(N)=O)c1C. The summed E-state index contributed by atoms with van der Waals surface area (Å²) in [5, 5.41) is 1.93. The van der Waals surface area contributed by atoms with Crippen molar-refractivity contribution in [3.63, 3.8) is 0 Å². The van der Waals surface area contributed by atoms with Crippen LogP contribution >= 0.6 is 11.3 Å². The van der Waals surface area contributed by atoms with Crippen LogP contribution in [0.4, 0.5) is 0 Å². The van der Waals surface area contributed by atoms with E-state index in [9.17, 15) is 4.79 Å². The molecule has 0 saturated carbocycles. The Bertz CT molecular complexity index is 492. The van der Waals surface area contributed by atoms with E-state index in [1.165, 1.54) is 50.4 Å². The molecule has 1 aliphatic rings. The van der Waals surface area contributed by atoms with Gasteiger partial charge in [-0.15, -0.1) is 11.3 Å². The number of hydrogen-bond donors (Lipinski definition) is 1. The molecule has 0 bridgehead atoms. The zero-order valence-corrected chi connectivity index (χ0v) is 14.9. The molecule has 2 rings (SSSR count). The van der Waals surface area contributed by atoms with Crippen LogP contribution in [0.1, 0.15) is 52.9 Å². The number of amides is 1. The lowest BCUT2D eigenvalue weighted by molar-refractivity contribution is 0.1000. The quantitative estimate of drug-likeness (QED) is 0.839. The van der Waals surface area contributed by atoms with Crippen molar-refractivity contribution in [3.05, 3.63) is 21.4 Å². The highest BCUT2D eigenvalue weighted by atomic mass is 32.1. The molecule has 0 spiro atoms. The van der Waals surface area contributed by atoms with E-state index in [4.69, 9.17) is 5.73 Å². The van der Waals surface area contributed by atoms with Crippen molar-refractivity contribution >= 4 is 17.2 Å². The highest BCUT2D eigenvalue weighted by molar-refractivity contribution is 7.10. The first-order chi connectivity index (χ1) is 10.5. The minimum atomic E-state index is -0.299. The molecule has 5 heteroatoms. The number of thiophene rings is 1. The lowest BCUT2D eigenvalue weighted by atomic mass is 9.94. The summed E-state index contributed by atoms with van der Waals surface area (Å²) in [6.07, 6.45) is 3.55. The van der Waals surface area contributed by atoms with Gasteiger partial charge in [0.15, 0.2) is 0 Å². The Morgan fingerprint density at radius 2 is 2.05 bits per heavy atom. The fourth-order valence-electron chi connectivity index (χ4n) is 3.23. The fraction of sp³-hybridized carbons (Fsp3) is 0.706. The number of rotatable bonds is 7. The highest BCUT2D eigenvalue weighted by Crippen LogP contribution is 2.34. The topological polar surface area (TPSA) is 49.6 Å². The summed E-state index contributed by atoms with van der Waals surface area (Å²) >= 11 is 1.70. The first kappa shape index (κ1) is 17.4. The lowest BCUT2D eigenvalue weighted by Gasteiger charge is -2.32. The number of piperazine rings is 1. The average molecular weight is 324 g/mol. The van der Waals surface area contributed by atoms with Gasteiger partial charge >= 0.3 is 0 Å². The van der Waals surface area contributed by atoms with Gasteiger partial charge in [-0.2, -0.15) is 0 Å². The normalized spacial score (nSPS) is 18.5. The van der Waals surface area contributed by atoms with E-state index in [0.717, 1.165) is 12.0 Å². The van der Waals surface area contributed by atoms with Crippen molar-refractivity contribution in [2.45, 2.75) is 39.0 Å². The van der Waals surface area contributed by atoms with Gasteiger partial charge in [-0.3, -0.25) is 4.79 Å². The number of nitrogens with zero attached hydrogens (tertiary/aromatic N) is 2. The minimum Gasteiger partial charge on any atom is -0.366 e. The van der Waals surface area contributed by atoms with E-state index >= 15 is 0 Å². The molecule has 1 unspecified atom stereocenters. The Morgan fingerprint density at radius 1 is 1.36 bits per heavy atom. The largest absolute Gasteiger partial charge is 0.366 e. The van der Waals surface area contributed by atoms with Crippen molar-refractivity contribution in [2.24, 2.45) is 5.73 Å². The van der Waals surface area contributed by atoms with Gasteiger partial charge in [-0.05, 0) is 51.3 Å². The second kappa shape index (κ2) is 8.09. The monoisotopic (exact) mass is 323 g/mol. The smallest absolute Gasteiger partial charge is 0.249 e. The van der Waals surface area contributed by atoms with Crippen LogP contribution in [0.5, 0.6) is 0 Å². The van der Waals surface area contributed by atoms with Crippen LogP contribution in [0.15, 0.2) is 5.38 Å². The summed E-state index contributed by atoms with van der Waals surface area (Å²) in [7, 11) is 2.19. The van der Waals surface area contributed by atoms with Crippen molar-refractivity contribution < 1.29 is 4.79 Å². The molecule has 1 fully saturated rings. The third kappa shape index (κ3) is 4.31. The van der Waals surface area contributed by atoms with Gasteiger partial charge in [0.25, 0.3) is 0 Å². The van der Waals surface area contributed by atoms with E-state index in [0.29, 0.717) is 11.5 Å². The third-order valence-corrected chi connectivity index (χ3v) is 6.08. The third-order valence-electron chi connectivity index (χ3n) is 4.83. The molecular formula is C17H29N3OS. The van der Waals surface area contributed by atoms with Crippen molar-refractivity contribution in [1.82, 2.24) is 9.80 Å². The molecular weight excluding hydrogens is 294 g/mol. The molecule has 0 aromatic carbocycles. The van der Waals surface area contributed by atoms with Gasteiger partial charge in [0.2, 0.25) is 5.91 Å². The molecule has 2 N–H and O–H groups in total. The maximum Gasteiger partial charge on any atom is 0.249 e. The van der Waals surface area contributed by atoms with Gasteiger partial charge < -0.3 is 15.5 Å². The average Bonchev–Trinajstić information content (AvgIpc) is 2.87. The van der Waals surface area contributed by atoms with Crippen molar-refractivity contribution in [2.75, 3.05) is 39.8 Å². The molecule has 0 radical (unpaired) electrons. The van der Waals surface area contributed by atoms with Gasteiger partial charge in [0.1, 0.15) is 0 Å². The van der Waals surface area contributed by atoms with Crippen LogP contribution in [0.25, 0.3) is 0 Å². The maximum absolute atomic E-state index is 11.4. The number of nitrogens with two attached hydrogens (primary N) is 1. The summed E-state index contributed by atoms with van der Waals surface area (Å²) in [4.78, 5) is 17.7. The number of carbonyl (C=O) groups excluding carboxylic acids is 1. The van der Waals surface area contributed by atoms with Crippen LogP contribution < -0.4 is 5.73 Å². The zero-order valence-electron chi connectivity index (χ0n) is 14.1. The van der Waals surface area contributed by atoms with Gasteiger partial charge in [0.05, 0.1) is 5.56 Å². The van der Waals surface area contributed by atoms with Crippen molar-refractivity contribution in [3.8, 4) is 0 Å². The molecule has 1 atom stereocenters. The van der Waals surface area contributed by atoms with Gasteiger partial charge in [-0.25, -0.2) is 0 Å². The summed E-state index contributed by atoms with van der Waals surface area (Å²) < 4.78 is 0. The maximum atomic E-state index is 11.4. The first-order valence-corrected chi connectivity index (χ1v) is 9.19. The predicted octanol–water partition coefficient (Wildman–Crippen LogP) is 2.68. The molecule has 1 saturated heterocycles. The van der Waals surface area contributed by atoms with Crippen LogP contribution in [0, 0.1) is 6.92 Å². The van der Waals surface area contributed by atoms with Gasteiger partial charge in [0, 0.05) is 36.4 Å². The molecule has 124 valence electrons. The molecule has 1 aromatic rings. The molecule has 22 heavy (non-hydrogen) atoms. The van der Waals surface area contributed by atoms with Crippen molar-refractivity contribution in [1.29, 1.82) is 0 Å². The summed E-state index contributed by atoms with van der Waals surface area (Å²) in [6, 6.07) is 0. The van der Waals surface area contributed by atoms with Gasteiger partial charge in [-0.1, -0.05) is 6.92 Å². The van der Waals surface area contributed by atoms with Crippen LogP contribution in [-0.2, 0) is 0 Å². The Morgan fingerprint density at radius 3 is 2.59 bits per heavy atom.